The van der Waals surface area contributed by atoms with E-state index in [1.165, 1.54) is 17.0 Å². The fourth-order valence-electron chi connectivity index (χ4n) is 3.71. The number of nitrogens with one attached hydrogen (secondary N) is 1. The maximum atomic E-state index is 13.7. The molecule has 2 amide bonds. The second-order valence-electron chi connectivity index (χ2n) is 8.43. The van der Waals surface area contributed by atoms with Gasteiger partial charge in [0.15, 0.2) is 0 Å². The van der Waals surface area contributed by atoms with Crippen LogP contribution in [-0.4, -0.2) is 55.4 Å². The van der Waals surface area contributed by atoms with E-state index in [0.717, 1.165) is 16.6 Å². The van der Waals surface area contributed by atoms with E-state index in [1.54, 1.807) is 32.0 Å². The van der Waals surface area contributed by atoms with Crippen molar-refractivity contribution in [3.05, 3.63) is 67.7 Å². The molecule has 1 N–H and O–H groups in total. The van der Waals surface area contributed by atoms with E-state index in [4.69, 9.17) is 23.2 Å². The van der Waals surface area contributed by atoms with Crippen molar-refractivity contribution >= 4 is 56.4 Å². The molecule has 0 bridgehead atoms. The lowest BCUT2D eigenvalue weighted by molar-refractivity contribution is -0.384. The van der Waals surface area contributed by atoms with E-state index >= 15 is 0 Å². The average Bonchev–Trinajstić information content (AvgIpc) is 2.82. The van der Waals surface area contributed by atoms with E-state index in [9.17, 15) is 28.1 Å². The summed E-state index contributed by atoms with van der Waals surface area (Å²) in [4.78, 5) is 38.6. The number of rotatable bonds is 12. The fraction of sp³-hybridized carbons (Fsp3) is 0.417. The number of nitrogens with zero attached hydrogens (tertiary/aromatic N) is 3. The van der Waals surface area contributed by atoms with Crippen molar-refractivity contribution < 1.29 is 22.9 Å². The highest BCUT2D eigenvalue weighted by Gasteiger charge is 2.33. The lowest BCUT2D eigenvalue weighted by Gasteiger charge is -2.33. The molecule has 0 aliphatic heterocycles. The van der Waals surface area contributed by atoms with Gasteiger partial charge in [0, 0.05) is 40.8 Å². The molecule has 2 rings (SSSR count). The zero-order valence-electron chi connectivity index (χ0n) is 21.0. The Morgan fingerprint density at radius 1 is 1.14 bits per heavy atom. The van der Waals surface area contributed by atoms with Gasteiger partial charge < -0.3 is 10.2 Å². The lowest BCUT2D eigenvalue weighted by atomic mass is 10.1. The van der Waals surface area contributed by atoms with Crippen LogP contribution >= 0.6 is 23.2 Å². The quantitative estimate of drug-likeness (QED) is 0.298. The summed E-state index contributed by atoms with van der Waals surface area (Å²) < 4.78 is 26.3. The van der Waals surface area contributed by atoms with Crippen LogP contribution in [0.25, 0.3) is 0 Å². The number of non-ortho nitro benzene ring substituents is 1. The molecule has 1 atom stereocenters. The number of nitro benzene ring substituents is 1. The standard InChI is InChI=1S/C24H30Cl2N4O6S/c1-5-12-27-24(32)21(6-2)28(14-18-19(25)8-7-9-20(18)26)23(31)15-29(37(4,35)36)22-13-17(30(33)34)11-10-16(22)3/h7-11,13,21H,5-6,12,14-15H2,1-4H3,(H,27,32)/t21-/m1/s1. The lowest BCUT2D eigenvalue weighted by Crippen LogP contribution is -2.52. The highest BCUT2D eigenvalue weighted by molar-refractivity contribution is 7.92. The highest BCUT2D eigenvalue weighted by atomic mass is 35.5. The number of anilines is 1. The molecule has 0 heterocycles. The molecule has 10 nitrogen and oxygen atoms in total. The molecule has 2 aromatic rings. The SMILES string of the molecule is CCCNC(=O)[C@@H](CC)N(Cc1c(Cl)cccc1Cl)C(=O)CN(c1cc([N+](=O)[O-])ccc1C)S(C)(=O)=O. The van der Waals surface area contributed by atoms with Gasteiger partial charge in [-0.05, 0) is 37.5 Å². The number of benzene rings is 2. The highest BCUT2D eigenvalue weighted by Crippen LogP contribution is 2.30. The molecule has 0 aliphatic carbocycles. The molecule has 0 radical (unpaired) electrons. The molecule has 0 saturated carbocycles. The van der Waals surface area contributed by atoms with Gasteiger partial charge in [-0.25, -0.2) is 8.42 Å². The van der Waals surface area contributed by atoms with Gasteiger partial charge in [-0.1, -0.05) is 49.2 Å². The third-order valence-corrected chi connectivity index (χ3v) is 7.51. The zero-order valence-corrected chi connectivity index (χ0v) is 23.4. The van der Waals surface area contributed by atoms with Gasteiger partial charge in [-0.3, -0.25) is 24.0 Å². The minimum atomic E-state index is -4.06. The van der Waals surface area contributed by atoms with Gasteiger partial charge in [0.25, 0.3) is 5.69 Å². The van der Waals surface area contributed by atoms with Crippen molar-refractivity contribution in [1.29, 1.82) is 0 Å². The van der Waals surface area contributed by atoms with Gasteiger partial charge in [-0.15, -0.1) is 0 Å². The van der Waals surface area contributed by atoms with Crippen LogP contribution in [0.1, 0.15) is 37.8 Å². The number of carbonyl (C=O) groups excluding carboxylic acids is 2. The number of nitro groups is 1. The van der Waals surface area contributed by atoms with Gasteiger partial charge in [-0.2, -0.15) is 0 Å². The van der Waals surface area contributed by atoms with Gasteiger partial charge >= 0.3 is 0 Å². The van der Waals surface area contributed by atoms with Crippen molar-refractivity contribution in [2.45, 2.75) is 46.2 Å². The minimum Gasteiger partial charge on any atom is -0.354 e. The zero-order chi connectivity index (χ0) is 27.9. The number of hydrogen-bond acceptors (Lipinski definition) is 6. The monoisotopic (exact) mass is 572 g/mol. The largest absolute Gasteiger partial charge is 0.354 e. The number of hydrogen-bond donors (Lipinski definition) is 1. The first-order chi connectivity index (χ1) is 17.3. The Bertz CT molecular complexity index is 1250. The van der Waals surface area contributed by atoms with Crippen LogP contribution in [-0.2, 0) is 26.2 Å². The molecular formula is C24H30Cl2N4O6S. The summed E-state index contributed by atoms with van der Waals surface area (Å²) in [5.74, 6) is -1.11. The van der Waals surface area contributed by atoms with E-state index < -0.39 is 39.3 Å². The van der Waals surface area contributed by atoms with E-state index in [1.807, 2.05) is 6.92 Å². The summed E-state index contributed by atoms with van der Waals surface area (Å²) in [5, 5.41) is 14.7. The third kappa shape index (κ3) is 7.80. The van der Waals surface area contributed by atoms with Crippen molar-refractivity contribution in [3.63, 3.8) is 0 Å². The second-order valence-corrected chi connectivity index (χ2v) is 11.2. The maximum Gasteiger partial charge on any atom is 0.271 e. The Morgan fingerprint density at radius 3 is 2.27 bits per heavy atom. The molecule has 0 aliphatic rings. The van der Waals surface area contributed by atoms with E-state index in [-0.39, 0.29) is 34.4 Å². The van der Waals surface area contributed by atoms with Gasteiger partial charge in [0.2, 0.25) is 21.8 Å². The van der Waals surface area contributed by atoms with Crippen molar-refractivity contribution in [2.24, 2.45) is 0 Å². The Labute approximate surface area is 226 Å². The van der Waals surface area contributed by atoms with Crippen LogP contribution < -0.4 is 9.62 Å². The van der Waals surface area contributed by atoms with E-state index in [2.05, 4.69) is 5.32 Å². The minimum absolute atomic E-state index is 0.00995. The molecule has 37 heavy (non-hydrogen) atoms. The van der Waals surface area contributed by atoms with Crippen LogP contribution in [0.2, 0.25) is 10.0 Å². The van der Waals surface area contributed by atoms with Crippen LogP contribution in [0, 0.1) is 17.0 Å². The molecule has 2 aromatic carbocycles. The first kappa shape index (κ1) is 30.3. The summed E-state index contributed by atoms with van der Waals surface area (Å²) >= 11 is 12.7. The summed E-state index contributed by atoms with van der Waals surface area (Å²) in [6.45, 7) is 4.74. The molecule has 202 valence electrons. The first-order valence-electron chi connectivity index (χ1n) is 11.5. The van der Waals surface area contributed by atoms with E-state index in [0.29, 0.717) is 24.1 Å². The Hall–Kier alpha value is -2.89. The van der Waals surface area contributed by atoms with Crippen molar-refractivity contribution in [3.8, 4) is 0 Å². The fourth-order valence-corrected chi connectivity index (χ4v) is 5.13. The maximum absolute atomic E-state index is 13.7. The predicted octanol–water partition coefficient (Wildman–Crippen LogP) is 4.31. The Kier molecular flexibility index (Phi) is 10.7. The molecular weight excluding hydrogens is 543 g/mol. The van der Waals surface area contributed by atoms with Crippen LogP contribution in [0.3, 0.4) is 0 Å². The predicted molar refractivity (Wildman–Crippen MR) is 144 cm³/mol. The number of aryl methyl sites for hydroxylation is 1. The molecule has 0 spiro atoms. The summed E-state index contributed by atoms with van der Waals surface area (Å²) in [5.41, 5.74) is 0.478. The van der Waals surface area contributed by atoms with Crippen LogP contribution in [0.5, 0.6) is 0 Å². The normalized spacial score (nSPS) is 12.1. The summed E-state index contributed by atoms with van der Waals surface area (Å²) in [7, 11) is -4.06. The Balaban J connectivity index is 2.57. The number of sulfonamides is 1. The molecule has 13 heteroatoms. The third-order valence-electron chi connectivity index (χ3n) is 5.68. The second kappa shape index (κ2) is 13.1. The van der Waals surface area contributed by atoms with Crippen molar-refractivity contribution in [1.82, 2.24) is 10.2 Å². The molecule has 0 fully saturated rings. The average molecular weight is 573 g/mol. The van der Waals surface area contributed by atoms with Gasteiger partial charge in [0.05, 0.1) is 16.9 Å². The van der Waals surface area contributed by atoms with Gasteiger partial charge in [0.1, 0.15) is 12.6 Å². The van der Waals surface area contributed by atoms with Crippen LogP contribution in [0.15, 0.2) is 36.4 Å². The molecule has 0 aromatic heterocycles. The van der Waals surface area contributed by atoms with Crippen LogP contribution in [0.4, 0.5) is 11.4 Å². The molecule has 0 saturated heterocycles. The summed E-state index contributed by atoms with van der Waals surface area (Å²) in [6.07, 6.45) is 1.82. The van der Waals surface area contributed by atoms with Crippen molar-refractivity contribution in [2.75, 3.05) is 23.7 Å². The first-order valence-corrected chi connectivity index (χ1v) is 14.1. The smallest absolute Gasteiger partial charge is 0.271 e. The number of carbonyl (C=O) groups is 2. The molecule has 0 unspecified atom stereocenters. The number of amides is 2. The number of halogens is 2. The summed E-state index contributed by atoms with van der Waals surface area (Å²) in [6, 6.07) is 7.64. The Morgan fingerprint density at radius 2 is 1.76 bits per heavy atom. The topological polar surface area (TPSA) is 130 Å².